The second-order valence-electron chi connectivity index (χ2n) is 8.65. The highest BCUT2D eigenvalue weighted by atomic mass is 79.9. The first-order valence-corrected chi connectivity index (χ1v) is 11.2. The third-order valence-corrected chi connectivity index (χ3v) is 6.71. The molecule has 0 bridgehead atoms. The van der Waals surface area contributed by atoms with Gasteiger partial charge in [0.1, 0.15) is 5.82 Å². The first kappa shape index (κ1) is 20.4. The van der Waals surface area contributed by atoms with E-state index in [4.69, 9.17) is 15.5 Å². The number of aromatic nitrogens is 4. The van der Waals surface area contributed by atoms with E-state index in [2.05, 4.69) is 57.3 Å². The van der Waals surface area contributed by atoms with Crippen molar-refractivity contribution >= 4 is 38.3 Å². The number of halogens is 1. The molecule has 8 heteroatoms. The van der Waals surface area contributed by atoms with Crippen molar-refractivity contribution in [2.45, 2.75) is 44.9 Å². The van der Waals surface area contributed by atoms with Gasteiger partial charge in [-0.15, -0.1) is 0 Å². The van der Waals surface area contributed by atoms with E-state index in [9.17, 15) is 0 Å². The van der Waals surface area contributed by atoms with Crippen LogP contribution in [0.15, 0.2) is 47.2 Å². The number of nitrogens with one attached hydrogen (secondary N) is 1. The van der Waals surface area contributed by atoms with Crippen LogP contribution in [0.1, 0.15) is 32.4 Å². The minimum absolute atomic E-state index is 0.106. The van der Waals surface area contributed by atoms with E-state index < -0.39 is 0 Å². The number of nitrogens with zero attached hydrogens (tertiary/aromatic N) is 4. The summed E-state index contributed by atoms with van der Waals surface area (Å²) >= 11 is 3.62. The van der Waals surface area contributed by atoms with Crippen LogP contribution in [0.2, 0.25) is 0 Å². The predicted molar refractivity (Wildman–Crippen MR) is 126 cm³/mol. The van der Waals surface area contributed by atoms with Crippen LogP contribution in [0.25, 0.3) is 27.7 Å². The van der Waals surface area contributed by atoms with E-state index in [1.54, 1.807) is 10.7 Å². The molecule has 0 radical (unpaired) electrons. The fraction of sp³-hybridized carbons (Fsp3) is 0.348. The quantitative estimate of drug-likeness (QED) is 0.451. The lowest BCUT2D eigenvalue weighted by atomic mass is 9.94. The average molecular weight is 481 g/mol. The smallest absolute Gasteiger partial charge is 0.165 e. The number of benzene rings is 1. The third kappa shape index (κ3) is 3.91. The molecule has 1 aliphatic heterocycles. The first-order chi connectivity index (χ1) is 14.9. The number of pyridine rings is 1. The molecule has 0 amide bonds. The van der Waals surface area contributed by atoms with Crippen molar-refractivity contribution in [1.82, 2.24) is 24.9 Å². The van der Waals surface area contributed by atoms with Gasteiger partial charge < -0.3 is 15.8 Å². The Kier molecular flexibility index (Phi) is 5.16. The van der Waals surface area contributed by atoms with Gasteiger partial charge in [0.05, 0.1) is 27.5 Å². The van der Waals surface area contributed by atoms with Crippen molar-refractivity contribution in [2.24, 2.45) is 0 Å². The highest BCUT2D eigenvalue weighted by Gasteiger charge is 2.28. The molecule has 7 nitrogen and oxygen atoms in total. The molecule has 3 N–H and O–H groups in total. The van der Waals surface area contributed by atoms with E-state index in [-0.39, 0.29) is 5.60 Å². The largest absolute Gasteiger partial charge is 0.383 e. The zero-order valence-corrected chi connectivity index (χ0v) is 19.2. The van der Waals surface area contributed by atoms with Crippen molar-refractivity contribution in [1.29, 1.82) is 0 Å². The van der Waals surface area contributed by atoms with E-state index in [1.165, 1.54) is 0 Å². The molecule has 160 valence electrons. The van der Waals surface area contributed by atoms with Crippen molar-refractivity contribution in [2.75, 3.05) is 12.3 Å². The zero-order chi connectivity index (χ0) is 21.6. The molecular formula is C23H25BrN6O. The maximum Gasteiger partial charge on any atom is 0.165 e. The first-order valence-electron chi connectivity index (χ1n) is 10.5. The molecule has 1 unspecified atom stereocenters. The van der Waals surface area contributed by atoms with Gasteiger partial charge in [-0.3, -0.25) is 4.98 Å². The summed E-state index contributed by atoms with van der Waals surface area (Å²) in [6, 6.07) is 10.6. The summed E-state index contributed by atoms with van der Waals surface area (Å²) in [4.78, 5) is 9.51. The fourth-order valence-corrected chi connectivity index (χ4v) is 4.63. The Hall–Kier alpha value is -2.55. The summed E-state index contributed by atoms with van der Waals surface area (Å²) in [6.07, 6.45) is 5.61. The lowest BCUT2D eigenvalue weighted by Gasteiger charge is -2.36. The van der Waals surface area contributed by atoms with Gasteiger partial charge in [0.25, 0.3) is 0 Å². The van der Waals surface area contributed by atoms with Gasteiger partial charge in [0.15, 0.2) is 5.65 Å². The zero-order valence-electron chi connectivity index (χ0n) is 17.6. The van der Waals surface area contributed by atoms with Crippen molar-refractivity contribution in [3.8, 4) is 11.1 Å². The van der Waals surface area contributed by atoms with Crippen LogP contribution in [-0.4, -0.2) is 37.8 Å². The Bertz CT molecular complexity index is 1270. The number of nitrogen functional groups attached to an aromatic ring is 1. The molecular weight excluding hydrogens is 456 g/mol. The Labute approximate surface area is 189 Å². The normalized spacial score (nSPS) is 18.6. The van der Waals surface area contributed by atoms with Crippen LogP contribution in [-0.2, 0) is 11.3 Å². The maximum absolute atomic E-state index is 6.40. The number of rotatable bonds is 4. The fourth-order valence-electron chi connectivity index (χ4n) is 4.23. The lowest BCUT2D eigenvalue weighted by molar-refractivity contribution is -0.0631. The van der Waals surface area contributed by atoms with Crippen LogP contribution >= 0.6 is 15.9 Å². The van der Waals surface area contributed by atoms with Crippen LogP contribution in [0.4, 0.5) is 5.82 Å². The summed E-state index contributed by atoms with van der Waals surface area (Å²) in [5.41, 5.74) is 10.7. The Morgan fingerprint density at radius 3 is 2.97 bits per heavy atom. The van der Waals surface area contributed by atoms with Gasteiger partial charge in [-0.1, -0.05) is 18.2 Å². The number of hydrogen-bond acceptors (Lipinski definition) is 6. The molecule has 0 spiro atoms. The second kappa shape index (κ2) is 7.85. The van der Waals surface area contributed by atoms with Gasteiger partial charge in [-0.25, -0.2) is 4.98 Å². The molecule has 1 aliphatic rings. The number of fused-ring (bicyclic) bond motifs is 2. The average Bonchev–Trinajstić information content (AvgIpc) is 3.18. The maximum atomic E-state index is 6.40. The van der Waals surface area contributed by atoms with Gasteiger partial charge in [-0.2, -0.15) is 9.61 Å². The van der Waals surface area contributed by atoms with E-state index in [0.29, 0.717) is 18.4 Å². The molecule has 1 saturated heterocycles. The third-order valence-electron chi connectivity index (χ3n) is 5.85. The van der Waals surface area contributed by atoms with Crippen LogP contribution in [0, 0.1) is 0 Å². The lowest BCUT2D eigenvalue weighted by Crippen LogP contribution is -2.43. The SMILES string of the molecule is CC1(C)CC(NCc2nc3c(-c4cnc5ccccc5c4)cnn3c(N)c2Br)CCO1. The number of ether oxygens (including phenoxy) is 1. The molecule has 1 fully saturated rings. The molecule has 1 aromatic carbocycles. The molecule has 3 aromatic heterocycles. The summed E-state index contributed by atoms with van der Waals surface area (Å²) < 4.78 is 8.28. The van der Waals surface area contributed by atoms with Crippen LogP contribution < -0.4 is 11.1 Å². The van der Waals surface area contributed by atoms with Crippen molar-refractivity contribution in [3.05, 3.63) is 52.9 Å². The summed E-state index contributed by atoms with van der Waals surface area (Å²) in [7, 11) is 0. The summed E-state index contributed by atoms with van der Waals surface area (Å²) in [5, 5.41) is 9.19. The van der Waals surface area contributed by atoms with Gasteiger partial charge in [0.2, 0.25) is 0 Å². The highest BCUT2D eigenvalue weighted by molar-refractivity contribution is 9.10. The number of hydrogen-bond donors (Lipinski definition) is 2. The molecule has 31 heavy (non-hydrogen) atoms. The molecule has 0 saturated carbocycles. The molecule has 0 aliphatic carbocycles. The number of nitrogens with two attached hydrogens (primary N) is 1. The standard InChI is InChI=1S/C23H25BrN6O/c1-23(2)10-16(7-8-31-23)26-13-19-20(24)21(25)30-22(29-19)17(12-28-30)15-9-14-5-3-4-6-18(14)27-11-15/h3-6,9,11-12,16,26H,7-8,10,13,25H2,1-2H3. The second-order valence-corrected chi connectivity index (χ2v) is 9.44. The summed E-state index contributed by atoms with van der Waals surface area (Å²) in [5.74, 6) is 0.536. The van der Waals surface area contributed by atoms with Gasteiger partial charge >= 0.3 is 0 Å². The molecule has 4 heterocycles. The minimum atomic E-state index is -0.106. The topological polar surface area (TPSA) is 90.4 Å². The molecule has 5 rings (SSSR count). The molecule has 1 atom stereocenters. The van der Waals surface area contributed by atoms with Gasteiger partial charge in [-0.05, 0) is 54.8 Å². The van der Waals surface area contributed by atoms with E-state index in [0.717, 1.165) is 57.3 Å². The number of anilines is 1. The summed E-state index contributed by atoms with van der Waals surface area (Å²) in [6.45, 7) is 5.65. The Morgan fingerprint density at radius 2 is 2.13 bits per heavy atom. The Morgan fingerprint density at radius 1 is 1.29 bits per heavy atom. The van der Waals surface area contributed by atoms with Crippen LogP contribution in [0.3, 0.4) is 0 Å². The minimum Gasteiger partial charge on any atom is -0.383 e. The van der Waals surface area contributed by atoms with Crippen LogP contribution in [0.5, 0.6) is 0 Å². The monoisotopic (exact) mass is 480 g/mol. The van der Waals surface area contributed by atoms with Gasteiger partial charge in [0, 0.05) is 41.9 Å². The van der Waals surface area contributed by atoms with E-state index in [1.807, 2.05) is 24.4 Å². The van der Waals surface area contributed by atoms with E-state index >= 15 is 0 Å². The van der Waals surface area contributed by atoms with Crippen molar-refractivity contribution < 1.29 is 4.74 Å². The number of para-hydroxylation sites is 1. The predicted octanol–water partition coefficient (Wildman–Crippen LogP) is 4.34. The Balaban J connectivity index is 1.49. The molecule has 4 aromatic rings. The highest BCUT2D eigenvalue weighted by Crippen LogP contribution is 2.31. The van der Waals surface area contributed by atoms with Crippen molar-refractivity contribution in [3.63, 3.8) is 0 Å².